The summed E-state index contributed by atoms with van der Waals surface area (Å²) in [4.78, 5) is 6.65. The summed E-state index contributed by atoms with van der Waals surface area (Å²) in [5.41, 5.74) is 7.12. The van der Waals surface area contributed by atoms with Gasteiger partial charge < -0.3 is 10.6 Å². The monoisotopic (exact) mass is 363 g/mol. The van der Waals surface area contributed by atoms with Crippen molar-refractivity contribution in [2.24, 2.45) is 17.8 Å². The maximum absolute atomic E-state index is 6.03. The van der Waals surface area contributed by atoms with Crippen LogP contribution in [-0.4, -0.2) is 33.7 Å². The SMILES string of the molecule is Cn1nccc1CN=C(N)N1CCCCCC1.I. The lowest BCUT2D eigenvalue weighted by Gasteiger charge is -2.21. The molecule has 1 aliphatic heterocycles. The first-order valence-electron chi connectivity index (χ1n) is 6.29. The zero-order valence-corrected chi connectivity index (χ0v) is 13.2. The van der Waals surface area contributed by atoms with Crippen LogP contribution in [0.3, 0.4) is 0 Å². The van der Waals surface area contributed by atoms with Crippen LogP contribution in [0.2, 0.25) is 0 Å². The second kappa shape index (κ2) is 7.60. The minimum absolute atomic E-state index is 0. The molecule has 5 nitrogen and oxygen atoms in total. The molecule has 0 unspecified atom stereocenters. The third kappa shape index (κ3) is 4.15. The first-order valence-corrected chi connectivity index (χ1v) is 6.29. The van der Waals surface area contributed by atoms with Gasteiger partial charge in [0.2, 0.25) is 0 Å². The fourth-order valence-electron chi connectivity index (χ4n) is 2.12. The Bertz CT molecular complexity index is 380. The van der Waals surface area contributed by atoms with Crippen LogP contribution in [0.5, 0.6) is 0 Å². The highest BCUT2D eigenvalue weighted by molar-refractivity contribution is 14.0. The third-order valence-electron chi connectivity index (χ3n) is 3.26. The Morgan fingerprint density at radius 1 is 1.33 bits per heavy atom. The van der Waals surface area contributed by atoms with Gasteiger partial charge in [0.15, 0.2) is 5.96 Å². The highest BCUT2D eigenvalue weighted by Gasteiger charge is 2.10. The van der Waals surface area contributed by atoms with E-state index in [1.165, 1.54) is 25.7 Å². The number of likely N-dealkylation sites (tertiary alicyclic amines) is 1. The standard InChI is InChI=1S/C12H21N5.HI/c1-16-11(6-7-15-16)10-14-12(13)17-8-4-2-3-5-9-17;/h6-7H,2-5,8-10H2,1H3,(H2,13,14);1H. The van der Waals surface area contributed by atoms with Gasteiger partial charge in [-0.3, -0.25) is 4.68 Å². The van der Waals surface area contributed by atoms with Crippen molar-refractivity contribution >= 4 is 29.9 Å². The van der Waals surface area contributed by atoms with Crippen LogP contribution in [0.4, 0.5) is 0 Å². The summed E-state index contributed by atoms with van der Waals surface area (Å²) in [6.07, 6.45) is 6.86. The number of nitrogens with zero attached hydrogens (tertiary/aromatic N) is 4. The molecule has 0 amide bonds. The summed E-state index contributed by atoms with van der Waals surface area (Å²) in [5.74, 6) is 0.674. The number of aryl methyl sites for hydroxylation is 1. The normalized spacial score (nSPS) is 17.2. The van der Waals surface area contributed by atoms with Gasteiger partial charge in [-0.25, -0.2) is 4.99 Å². The summed E-state index contributed by atoms with van der Waals surface area (Å²) in [6, 6.07) is 1.97. The van der Waals surface area contributed by atoms with Gasteiger partial charge in [-0.2, -0.15) is 5.10 Å². The third-order valence-corrected chi connectivity index (χ3v) is 3.26. The Hall–Kier alpha value is -0.790. The van der Waals surface area contributed by atoms with E-state index in [1.807, 2.05) is 17.8 Å². The summed E-state index contributed by atoms with van der Waals surface area (Å²) >= 11 is 0. The van der Waals surface area contributed by atoms with Gasteiger partial charge in [0.1, 0.15) is 0 Å². The topological polar surface area (TPSA) is 59.4 Å². The largest absolute Gasteiger partial charge is 0.370 e. The molecule has 102 valence electrons. The number of rotatable bonds is 2. The molecule has 0 atom stereocenters. The second-order valence-electron chi connectivity index (χ2n) is 4.52. The van der Waals surface area contributed by atoms with Crippen molar-refractivity contribution in [3.8, 4) is 0 Å². The molecule has 1 saturated heterocycles. The number of guanidine groups is 1. The molecule has 2 rings (SSSR count). The van der Waals surface area contributed by atoms with Gasteiger partial charge in [-0.05, 0) is 18.9 Å². The Kier molecular flexibility index (Phi) is 6.45. The summed E-state index contributed by atoms with van der Waals surface area (Å²) in [7, 11) is 1.92. The van der Waals surface area contributed by atoms with Gasteiger partial charge in [0.05, 0.1) is 12.2 Å². The molecule has 1 aliphatic rings. The van der Waals surface area contributed by atoms with E-state index in [0.717, 1.165) is 18.8 Å². The Morgan fingerprint density at radius 2 is 2.00 bits per heavy atom. The van der Waals surface area contributed by atoms with Crippen LogP contribution in [0, 0.1) is 0 Å². The molecular formula is C12H22IN5. The van der Waals surface area contributed by atoms with Crippen molar-refractivity contribution in [2.45, 2.75) is 32.2 Å². The molecule has 6 heteroatoms. The zero-order chi connectivity index (χ0) is 12.1. The van der Waals surface area contributed by atoms with E-state index in [0.29, 0.717) is 12.5 Å². The van der Waals surface area contributed by atoms with Gasteiger partial charge >= 0.3 is 0 Å². The summed E-state index contributed by atoms with van der Waals surface area (Å²) in [5, 5.41) is 4.12. The van der Waals surface area contributed by atoms with Gasteiger partial charge in [-0.15, -0.1) is 24.0 Å². The van der Waals surface area contributed by atoms with Crippen LogP contribution in [0.1, 0.15) is 31.4 Å². The van der Waals surface area contributed by atoms with E-state index in [4.69, 9.17) is 5.73 Å². The summed E-state index contributed by atoms with van der Waals surface area (Å²) in [6.45, 7) is 2.69. The number of aliphatic imine (C=N–C) groups is 1. The molecule has 0 spiro atoms. The molecular weight excluding hydrogens is 341 g/mol. The van der Waals surface area contributed by atoms with Gasteiger partial charge in [0.25, 0.3) is 0 Å². The fraction of sp³-hybridized carbons (Fsp3) is 0.667. The molecule has 1 aromatic rings. The molecule has 1 aromatic heterocycles. The van der Waals surface area contributed by atoms with Gasteiger partial charge in [0, 0.05) is 26.3 Å². The van der Waals surface area contributed by atoms with Crippen molar-refractivity contribution < 1.29 is 0 Å². The highest BCUT2D eigenvalue weighted by Crippen LogP contribution is 2.09. The second-order valence-corrected chi connectivity index (χ2v) is 4.52. The van der Waals surface area contributed by atoms with E-state index in [2.05, 4.69) is 15.0 Å². The first-order chi connectivity index (χ1) is 8.27. The molecule has 0 bridgehead atoms. The van der Waals surface area contributed by atoms with Crippen LogP contribution in [0.15, 0.2) is 17.3 Å². The Morgan fingerprint density at radius 3 is 2.56 bits per heavy atom. The minimum Gasteiger partial charge on any atom is -0.370 e. The van der Waals surface area contributed by atoms with Crippen LogP contribution >= 0.6 is 24.0 Å². The maximum atomic E-state index is 6.03. The molecule has 1 fully saturated rings. The predicted molar refractivity (Wildman–Crippen MR) is 84.0 cm³/mol. The van der Waals surface area contributed by atoms with Crippen molar-refractivity contribution in [3.63, 3.8) is 0 Å². The van der Waals surface area contributed by atoms with Crippen molar-refractivity contribution in [1.82, 2.24) is 14.7 Å². The number of aromatic nitrogens is 2. The van der Waals surface area contributed by atoms with E-state index in [-0.39, 0.29) is 24.0 Å². The smallest absolute Gasteiger partial charge is 0.191 e. The molecule has 0 saturated carbocycles. The predicted octanol–water partition coefficient (Wildman–Crippen LogP) is 1.73. The number of nitrogens with two attached hydrogens (primary N) is 1. The molecule has 0 aliphatic carbocycles. The number of hydrogen-bond acceptors (Lipinski definition) is 2. The average molecular weight is 363 g/mol. The quantitative estimate of drug-likeness (QED) is 0.495. The lowest BCUT2D eigenvalue weighted by atomic mass is 10.2. The van der Waals surface area contributed by atoms with Crippen molar-refractivity contribution in [1.29, 1.82) is 0 Å². The highest BCUT2D eigenvalue weighted by atomic mass is 127. The average Bonchev–Trinajstić information content (AvgIpc) is 2.58. The maximum Gasteiger partial charge on any atom is 0.191 e. The van der Waals surface area contributed by atoms with Gasteiger partial charge in [-0.1, -0.05) is 12.8 Å². The van der Waals surface area contributed by atoms with E-state index in [1.54, 1.807) is 6.20 Å². The number of halogens is 1. The van der Waals surface area contributed by atoms with E-state index < -0.39 is 0 Å². The number of hydrogen-bond donors (Lipinski definition) is 1. The van der Waals surface area contributed by atoms with Crippen LogP contribution in [0.25, 0.3) is 0 Å². The zero-order valence-electron chi connectivity index (χ0n) is 10.9. The molecule has 0 aromatic carbocycles. The lowest BCUT2D eigenvalue weighted by molar-refractivity contribution is 0.428. The lowest BCUT2D eigenvalue weighted by Crippen LogP contribution is -2.38. The van der Waals surface area contributed by atoms with Crippen LogP contribution in [-0.2, 0) is 13.6 Å². The van der Waals surface area contributed by atoms with E-state index >= 15 is 0 Å². The summed E-state index contributed by atoms with van der Waals surface area (Å²) < 4.78 is 1.83. The Balaban J connectivity index is 0.00000162. The molecule has 2 N–H and O–H groups in total. The first kappa shape index (κ1) is 15.3. The van der Waals surface area contributed by atoms with Crippen molar-refractivity contribution in [2.75, 3.05) is 13.1 Å². The molecule has 2 heterocycles. The van der Waals surface area contributed by atoms with E-state index in [9.17, 15) is 0 Å². The minimum atomic E-state index is 0. The fourth-order valence-corrected chi connectivity index (χ4v) is 2.12. The molecule has 18 heavy (non-hydrogen) atoms. The Labute approximate surface area is 125 Å². The van der Waals surface area contributed by atoms with Crippen LogP contribution < -0.4 is 5.73 Å². The molecule has 0 radical (unpaired) electrons. The van der Waals surface area contributed by atoms with Crippen molar-refractivity contribution in [3.05, 3.63) is 18.0 Å².